The topological polar surface area (TPSA) is 93.7 Å². The molecule has 214 valence electrons. The van der Waals surface area contributed by atoms with Crippen molar-refractivity contribution in [3.63, 3.8) is 0 Å². The summed E-state index contributed by atoms with van der Waals surface area (Å²) in [7, 11) is 10.8. The third kappa shape index (κ3) is 6.84. The van der Waals surface area contributed by atoms with Crippen LogP contribution in [0.25, 0.3) is 0 Å². The Hall–Kier alpha value is -4.24. The minimum atomic E-state index is -0.268. The highest BCUT2D eigenvalue weighted by atomic mass is 35.5. The van der Waals surface area contributed by atoms with Crippen molar-refractivity contribution in [3.8, 4) is 40.2 Å². The van der Waals surface area contributed by atoms with Gasteiger partial charge in [0.05, 0.1) is 60.5 Å². The number of carbonyl (C=O) groups is 1. The van der Waals surface area contributed by atoms with Crippen molar-refractivity contribution in [2.24, 2.45) is 0 Å². The van der Waals surface area contributed by atoms with Crippen LogP contribution in [-0.2, 0) is 12.8 Å². The number of anilines is 1. The fraction of sp³-hybridized carbons (Fsp3) is 0.300. The van der Waals surface area contributed by atoms with Gasteiger partial charge in [0.15, 0.2) is 34.5 Å². The molecule has 3 rings (SSSR count). The van der Waals surface area contributed by atoms with Crippen LogP contribution in [0.1, 0.15) is 21.5 Å². The molecule has 0 fully saturated rings. The number of nitrogens with one attached hydrogen (secondary N) is 1. The van der Waals surface area contributed by atoms with Crippen LogP contribution < -0.4 is 38.5 Å². The molecule has 0 saturated carbocycles. The zero-order valence-electron chi connectivity index (χ0n) is 23.7. The molecule has 0 saturated heterocycles. The smallest absolute Gasteiger partial charge is 0.203 e. The highest BCUT2D eigenvalue weighted by Crippen LogP contribution is 2.40. The number of ether oxygens (including phenoxy) is 7. The van der Waals surface area contributed by atoms with Gasteiger partial charge in [-0.3, -0.25) is 4.79 Å². The van der Waals surface area contributed by atoms with E-state index in [0.717, 1.165) is 11.1 Å². The molecule has 40 heavy (non-hydrogen) atoms. The molecule has 0 amide bonds. The molecule has 10 heteroatoms. The van der Waals surface area contributed by atoms with Gasteiger partial charge in [0.2, 0.25) is 11.5 Å². The number of rotatable bonds is 14. The Kier molecular flexibility index (Phi) is 10.8. The summed E-state index contributed by atoms with van der Waals surface area (Å²) in [6.07, 6.45) is 4.29. The van der Waals surface area contributed by atoms with Gasteiger partial charge in [-0.25, -0.2) is 0 Å². The van der Waals surface area contributed by atoms with Gasteiger partial charge in [-0.15, -0.1) is 0 Å². The van der Waals surface area contributed by atoms with Gasteiger partial charge < -0.3 is 38.5 Å². The van der Waals surface area contributed by atoms with E-state index in [1.54, 1.807) is 33.5 Å². The number of halogens is 1. The Labute approximate surface area is 239 Å². The molecule has 0 aliphatic heterocycles. The first kappa shape index (κ1) is 30.3. The normalized spacial score (nSPS) is 10.7. The number of methoxy groups -OCH3 is 7. The van der Waals surface area contributed by atoms with Gasteiger partial charge in [-0.05, 0) is 60.4 Å². The first-order chi connectivity index (χ1) is 19.3. The zero-order chi connectivity index (χ0) is 29.2. The van der Waals surface area contributed by atoms with Crippen LogP contribution in [0.2, 0.25) is 5.02 Å². The minimum Gasteiger partial charge on any atom is -0.493 e. The van der Waals surface area contributed by atoms with Crippen LogP contribution in [0.3, 0.4) is 0 Å². The lowest BCUT2D eigenvalue weighted by molar-refractivity contribution is 0.104. The van der Waals surface area contributed by atoms with E-state index in [-0.39, 0.29) is 5.78 Å². The van der Waals surface area contributed by atoms with Crippen molar-refractivity contribution < 1.29 is 38.0 Å². The maximum Gasteiger partial charge on any atom is 0.203 e. The summed E-state index contributed by atoms with van der Waals surface area (Å²) in [5, 5.41) is 3.56. The molecule has 9 nitrogen and oxygen atoms in total. The third-order valence-electron chi connectivity index (χ3n) is 6.16. The van der Waals surface area contributed by atoms with Gasteiger partial charge in [0.25, 0.3) is 0 Å². The molecule has 0 bridgehead atoms. The van der Waals surface area contributed by atoms with Gasteiger partial charge in [-0.2, -0.15) is 0 Å². The molecule has 0 heterocycles. The van der Waals surface area contributed by atoms with E-state index >= 15 is 0 Å². The van der Waals surface area contributed by atoms with E-state index in [0.29, 0.717) is 69.4 Å². The first-order valence-corrected chi connectivity index (χ1v) is 12.6. The predicted molar refractivity (Wildman–Crippen MR) is 155 cm³/mol. The second-order valence-electron chi connectivity index (χ2n) is 8.45. The zero-order valence-corrected chi connectivity index (χ0v) is 24.4. The Morgan fingerprint density at radius 3 is 1.55 bits per heavy atom. The second-order valence-corrected chi connectivity index (χ2v) is 8.86. The highest BCUT2D eigenvalue weighted by molar-refractivity contribution is 6.32. The summed E-state index contributed by atoms with van der Waals surface area (Å²) in [4.78, 5) is 12.9. The molecule has 0 aliphatic rings. The number of aryl methyl sites for hydroxylation is 2. The number of hydrogen-bond acceptors (Lipinski definition) is 9. The van der Waals surface area contributed by atoms with Gasteiger partial charge in [0.1, 0.15) is 0 Å². The minimum absolute atomic E-state index is 0.268. The van der Waals surface area contributed by atoms with Gasteiger partial charge in [0, 0.05) is 17.8 Å². The van der Waals surface area contributed by atoms with Crippen molar-refractivity contribution in [1.82, 2.24) is 0 Å². The fourth-order valence-electron chi connectivity index (χ4n) is 4.20. The Morgan fingerprint density at radius 1 is 0.650 bits per heavy atom. The maximum absolute atomic E-state index is 12.9. The maximum atomic E-state index is 12.9. The SMILES string of the molecule is COc1cc(CCc2cc(Cl)c(OC)c(N/C=C\C(=O)c3cc(OC)c(OC)c(OC)c3)c2)cc(OC)c1OC. The van der Waals surface area contributed by atoms with E-state index in [1.807, 2.05) is 24.3 Å². The highest BCUT2D eigenvalue weighted by Gasteiger charge is 2.17. The van der Waals surface area contributed by atoms with E-state index in [1.165, 1.54) is 40.7 Å². The van der Waals surface area contributed by atoms with Gasteiger partial charge >= 0.3 is 0 Å². The Bertz CT molecular complexity index is 1320. The second kappa shape index (κ2) is 14.2. The van der Waals surface area contributed by atoms with Gasteiger partial charge in [-0.1, -0.05) is 11.6 Å². The molecule has 0 spiro atoms. The quantitative estimate of drug-likeness (QED) is 0.185. The fourth-order valence-corrected chi connectivity index (χ4v) is 4.52. The molecular weight excluding hydrogens is 538 g/mol. The summed E-state index contributed by atoms with van der Waals surface area (Å²) in [6.45, 7) is 0. The van der Waals surface area contributed by atoms with Crippen molar-refractivity contribution >= 4 is 23.1 Å². The Balaban J connectivity index is 1.81. The van der Waals surface area contributed by atoms with Crippen LogP contribution in [-0.4, -0.2) is 55.6 Å². The molecule has 1 N–H and O–H groups in total. The molecule has 0 aliphatic carbocycles. The average Bonchev–Trinajstić information content (AvgIpc) is 2.98. The number of allylic oxidation sites excluding steroid dienone is 1. The van der Waals surface area contributed by atoms with Crippen LogP contribution in [0, 0.1) is 0 Å². The van der Waals surface area contributed by atoms with Crippen molar-refractivity contribution in [1.29, 1.82) is 0 Å². The van der Waals surface area contributed by atoms with Crippen LogP contribution in [0.5, 0.6) is 40.2 Å². The lowest BCUT2D eigenvalue weighted by Crippen LogP contribution is -2.02. The van der Waals surface area contributed by atoms with E-state index in [9.17, 15) is 4.79 Å². The predicted octanol–water partition coefficient (Wildman–Crippen LogP) is 5.99. The lowest BCUT2D eigenvalue weighted by atomic mass is 10.0. The molecular formula is C30H34ClNO8. The molecule has 0 aromatic heterocycles. The summed E-state index contributed by atoms with van der Waals surface area (Å²) in [5.41, 5.74) is 2.96. The standard InChI is InChI=1S/C30H34ClNO8/c1-34-24-14-19(15-25(35-2)29(24)39-6)9-8-18-12-21(31)28(38-5)22(13-18)32-11-10-23(33)20-16-26(36-3)30(40-7)27(17-20)37-4/h10-17,32H,8-9H2,1-7H3/b11-10-. The lowest BCUT2D eigenvalue weighted by Gasteiger charge is -2.15. The first-order valence-electron chi connectivity index (χ1n) is 12.3. The Morgan fingerprint density at radius 2 is 1.10 bits per heavy atom. The molecule has 0 radical (unpaired) electrons. The summed E-state index contributed by atoms with van der Waals surface area (Å²) in [5.74, 6) is 3.10. The van der Waals surface area contributed by atoms with Crippen LogP contribution >= 0.6 is 11.6 Å². The molecule has 3 aromatic rings. The average molecular weight is 572 g/mol. The van der Waals surface area contributed by atoms with Crippen molar-refractivity contribution in [2.45, 2.75) is 12.8 Å². The van der Waals surface area contributed by atoms with Crippen molar-refractivity contribution in [3.05, 3.63) is 70.4 Å². The van der Waals surface area contributed by atoms with Crippen LogP contribution in [0.15, 0.2) is 48.7 Å². The summed E-state index contributed by atoms with van der Waals surface area (Å²) in [6, 6.07) is 10.8. The van der Waals surface area contributed by atoms with Crippen molar-refractivity contribution in [2.75, 3.05) is 55.1 Å². The number of hydrogen-bond donors (Lipinski definition) is 1. The summed E-state index contributed by atoms with van der Waals surface area (Å²) < 4.78 is 37.9. The molecule has 0 unspecified atom stereocenters. The monoisotopic (exact) mass is 571 g/mol. The number of benzene rings is 3. The molecule has 3 aromatic carbocycles. The third-order valence-corrected chi connectivity index (χ3v) is 6.44. The van der Waals surface area contributed by atoms with Crippen LogP contribution in [0.4, 0.5) is 5.69 Å². The summed E-state index contributed by atoms with van der Waals surface area (Å²) >= 11 is 6.53. The largest absolute Gasteiger partial charge is 0.493 e. The number of carbonyl (C=O) groups excluding carboxylic acids is 1. The van der Waals surface area contributed by atoms with E-state index < -0.39 is 0 Å². The molecule has 0 atom stereocenters. The van der Waals surface area contributed by atoms with E-state index in [4.69, 9.17) is 44.8 Å². The number of ketones is 1. The van der Waals surface area contributed by atoms with E-state index in [2.05, 4.69) is 5.32 Å².